The van der Waals surface area contributed by atoms with E-state index in [0.717, 1.165) is 70.6 Å². The zero-order chi connectivity index (χ0) is 40.0. The first kappa shape index (κ1) is 50.7. The molecular weight excluding hydrogens is 709 g/mol. The Morgan fingerprint density at radius 2 is 1.11 bits per heavy atom. The number of aliphatic carboxylic acids is 1. The standard InChI is InChI=1S/C42H68NO10P/c1-3-5-7-9-11-13-15-17-19-21-23-25-27-29-31-33-40(44)50-35-38(36-51-54(48,49)52-37-39(43)42(46)47)53-41(45)34-32-30-28-26-24-22-20-18-16-14-12-10-8-6-4-2/h5,7,9,11-15,17-20,24,26,38-39H,3-4,6,8,10,16,21-23,25,27-37,43H2,1-2H3,(H,46,47)(H,48,49)/b7-5+,11-9+,14-12+,15-13+,19-17+,20-18+,26-24+/t38-,39+/m1/s1. The third-order valence-electron chi connectivity index (χ3n) is 7.72. The summed E-state index contributed by atoms with van der Waals surface area (Å²) in [7, 11) is -4.73. The van der Waals surface area contributed by atoms with Crippen LogP contribution in [-0.2, 0) is 37.5 Å². The van der Waals surface area contributed by atoms with E-state index in [1.807, 2.05) is 36.5 Å². The summed E-state index contributed by atoms with van der Waals surface area (Å²) in [5.41, 5.74) is 5.31. The van der Waals surface area contributed by atoms with Crippen molar-refractivity contribution in [2.75, 3.05) is 19.8 Å². The summed E-state index contributed by atoms with van der Waals surface area (Å²) in [4.78, 5) is 45.8. The maximum atomic E-state index is 12.6. The first-order valence-electron chi connectivity index (χ1n) is 19.7. The van der Waals surface area contributed by atoms with Crippen LogP contribution in [0.15, 0.2) is 85.1 Å². The lowest BCUT2D eigenvalue weighted by Crippen LogP contribution is -2.34. The fourth-order valence-corrected chi connectivity index (χ4v) is 5.39. The number of allylic oxidation sites excluding steroid dienone is 14. The number of phosphoric ester groups is 1. The van der Waals surface area contributed by atoms with Crippen LogP contribution >= 0.6 is 7.82 Å². The van der Waals surface area contributed by atoms with Crippen LogP contribution in [0.2, 0.25) is 0 Å². The van der Waals surface area contributed by atoms with Crippen LogP contribution in [0.5, 0.6) is 0 Å². The highest BCUT2D eigenvalue weighted by molar-refractivity contribution is 7.47. The molecule has 0 radical (unpaired) electrons. The molecule has 0 saturated carbocycles. The molecule has 12 heteroatoms. The second-order valence-corrected chi connectivity index (χ2v) is 14.2. The van der Waals surface area contributed by atoms with Gasteiger partial charge in [0.1, 0.15) is 12.6 Å². The molecule has 306 valence electrons. The molecule has 0 heterocycles. The van der Waals surface area contributed by atoms with E-state index >= 15 is 0 Å². The number of ether oxygens (including phenoxy) is 2. The molecule has 0 aromatic rings. The Morgan fingerprint density at radius 1 is 0.611 bits per heavy atom. The molecule has 0 saturated heterocycles. The number of nitrogens with two attached hydrogens (primary N) is 1. The van der Waals surface area contributed by atoms with E-state index in [9.17, 15) is 23.8 Å². The van der Waals surface area contributed by atoms with E-state index in [1.54, 1.807) is 0 Å². The van der Waals surface area contributed by atoms with E-state index in [1.165, 1.54) is 19.3 Å². The highest BCUT2D eigenvalue weighted by Crippen LogP contribution is 2.43. The Hall–Kier alpha value is -3.34. The fraction of sp³-hybridized carbons (Fsp3) is 0.595. The second-order valence-electron chi connectivity index (χ2n) is 12.8. The Bertz CT molecular complexity index is 1240. The normalized spacial score (nSPS) is 14.7. The highest BCUT2D eigenvalue weighted by atomic mass is 31.2. The lowest BCUT2D eigenvalue weighted by Gasteiger charge is -2.20. The van der Waals surface area contributed by atoms with Crippen molar-refractivity contribution < 1.29 is 47.5 Å². The largest absolute Gasteiger partial charge is 0.480 e. The van der Waals surface area contributed by atoms with Crippen molar-refractivity contribution in [3.8, 4) is 0 Å². The number of unbranched alkanes of at least 4 members (excludes halogenated alkanes) is 10. The van der Waals surface area contributed by atoms with Crippen LogP contribution in [0.25, 0.3) is 0 Å². The first-order valence-corrected chi connectivity index (χ1v) is 21.2. The van der Waals surface area contributed by atoms with Gasteiger partial charge in [0.2, 0.25) is 0 Å². The van der Waals surface area contributed by atoms with E-state index in [0.29, 0.717) is 12.8 Å². The number of carbonyl (C=O) groups excluding carboxylic acids is 2. The van der Waals surface area contributed by atoms with Gasteiger partial charge in [-0.3, -0.25) is 23.4 Å². The third kappa shape index (κ3) is 35.7. The van der Waals surface area contributed by atoms with Crippen molar-refractivity contribution in [1.82, 2.24) is 0 Å². The van der Waals surface area contributed by atoms with Crippen LogP contribution in [0, 0.1) is 0 Å². The van der Waals surface area contributed by atoms with Gasteiger partial charge in [-0.2, -0.15) is 0 Å². The molecule has 1 unspecified atom stereocenters. The van der Waals surface area contributed by atoms with Gasteiger partial charge < -0.3 is 25.2 Å². The highest BCUT2D eigenvalue weighted by Gasteiger charge is 2.28. The molecule has 4 N–H and O–H groups in total. The molecule has 0 fully saturated rings. The molecule has 54 heavy (non-hydrogen) atoms. The number of hydrogen-bond acceptors (Lipinski definition) is 9. The molecule has 0 aromatic carbocycles. The minimum absolute atomic E-state index is 0.101. The number of rotatable bonds is 35. The van der Waals surface area contributed by atoms with Gasteiger partial charge in [-0.05, 0) is 70.6 Å². The summed E-state index contributed by atoms with van der Waals surface area (Å²) in [6.07, 6.45) is 43.7. The Morgan fingerprint density at radius 3 is 1.76 bits per heavy atom. The summed E-state index contributed by atoms with van der Waals surface area (Å²) in [5, 5.41) is 8.87. The van der Waals surface area contributed by atoms with Gasteiger partial charge in [0.25, 0.3) is 0 Å². The van der Waals surface area contributed by atoms with Crippen molar-refractivity contribution in [1.29, 1.82) is 0 Å². The predicted molar refractivity (Wildman–Crippen MR) is 217 cm³/mol. The molecule has 11 nitrogen and oxygen atoms in total. The van der Waals surface area contributed by atoms with E-state index in [-0.39, 0.29) is 19.4 Å². The van der Waals surface area contributed by atoms with Crippen molar-refractivity contribution >= 4 is 25.7 Å². The molecule has 0 aliphatic carbocycles. The van der Waals surface area contributed by atoms with E-state index in [4.69, 9.17) is 24.8 Å². The van der Waals surface area contributed by atoms with Crippen LogP contribution < -0.4 is 5.73 Å². The van der Waals surface area contributed by atoms with E-state index in [2.05, 4.69) is 67.0 Å². The van der Waals surface area contributed by atoms with Gasteiger partial charge in [0.15, 0.2) is 6.10 Å². The predicted octanol–water partition coefficient (Wildman–Crippen LogP) is 9.94. The first-order chi connectivity index (χ1) is 26.1. The van der Waals surface area contributed by atoms with Crippen LogP contribution in [-0.4, -0.2) is 59.9 Å². The molecule has 0 aliphatic rings. The Kier molecular flexibility index (Phi) is 34.4. The molecule has 0 spiro atoms. The zero-order valence-corrected chi connectivity index (χ0v) is 33.7. The van der Waals surface area contributed by atoms with E-state index < -0.39 is 51.1 Å². The number of esters is 2. The number of carbonyl (C=O) groups is 3. The summed E-state index contributed by atoms with van der Waals surface area (Å²) >= 11 is 0. The quantitative estimate of drug-likeness (QED) is 0.0184. The monoisotopic (exact) mass is 777 g/mol. The SMILES string of the molecule is CC/C=C/C=C/C=C/C=C/CCCCCCCC(=O)OC[C@H](COP(=O)(O)OC[C@H](N)C(=O)O)OC(=O)CCCC/C=C/C/C=C/C/C=C/CCCCC. The third-order valence-corrected chi connectivity index (χ3v) is 8.67. The summed E-state index contributed by atoms with van der Waals surface area (Å²) in [5.74, 6) is -2.47. The lowest BCUT2D eigenvalue weighted by atomic mass is 10.1. The Balaban J connectivity index is 4.56. The molecule has 0 amide bonds. The number of hydrogen-bond donors (Lipinski definition) is 3. The summed E-state index contributed by atoms with van der Waals surface area (Å²) in [6, 6.07) is -1.53. The zero-order valence-electron chi connectivity index (χ0n) is 32.8. The number of phosphoric acid groups is 1. The average Bonchev–Trinajstić information content (AvgIpc) is 3.14. The van der Waals surface area contributed by atoms with Crippen LogP contribution in [0.3, 0.4) is 0 Å². The van der Waals surface area contributed by atoms with Gasteiger partial charge in [-0.1, -0.05) is 131 Å². The summed E-state index contributed by atoms with van der Waals surface area (Å²) < 4.78 is 32.5. The van der Waals surface area contributed by atoms with Gasteiger partial charge in [0, 0.05) is 12.8 Å². The average molecular weight is 778 g/mol. The van der Waals surface area contributed by atoms with Gasteiger partial charge in [0.05, 0.1) is 13.2 Å². The molecular formula is C42H68NO10P. The molecule has 0 rings (SSSR count). The maximum absolute atomic E-state index is 12.6. The topological polar surface area (TPSA) is 172 Å². The minimum Gasteiger partial charge on any atom is -0.480 e. The van der Waals surface area contributed by atoms with Gasteiger partial charge in [-0.15, -0.1) is 0 Å². The molecule has 0 aromatic heterocycles. The Labute approximate surface area is 324 Å². The maximum Gasteiger partial charge on any atom is 0.472 e. The van der Waals surface area contributed by atoms with Crippen molar-refractivity contribution in [3.05, 3.63) is 85.1 Å². The van der Waals surface area contributed by atoms with Gasteiger partial charge in [-0.25, -0.2) is 4.57 Å². The molecule has 0 bridgehead atoms. The van der Waals surface area contributed by atoms with Crippen molar-refractivity contribution in [2.24, 2.45) is 5.73 Å². The van der Waals surface area contributed by atoms with Gasteiger partial charge >= 0.3 is 25.7 Å². The smallest absolute Gasteiger partial charge is 0.472 e. The minimum atomic E-state index is -4.73. The summed E-state index contributed by atoms with van der Waals surface area (Å²) in [6.45, 7) is 2.54. The lowest BCUT2D eigenvalue weighted by molar-refractivity contribution is -0.161. The fourth-order valence-electron chi connectivity index (χ4n) is 4.61. The van der Waals surface area contributed by atoms with Crippen molar-refractivity contribution in [3.63, 3.8) is 0 Å². The second kappa shape index (κ2) is 36.6. The van der Waals surface area contributed by atoms with Crippen LogP contribution in [0.4, 0.5) is 0 Å². The molecule has 0 aliphatic heterocycles. The van der Waals surface area contributed by atoms with Crippen LogP contribution in [0.1, 0.15) is 129 Å². The van der Waals surface area contributed by atoms with Crippen molar-refractivity contribution in [2.45, 2.75) is 142 Å². The molecule has 3 atom stereocenters. The number of carboxylic acids is 1. The number of carboxylic acid groups (broad SMARTS) is 1.